The van der Waals surface area contributed by atoms with Crippen molar-refractivity contribution in [2.24, 2.45) is 0 Å². The minimum Gasteiger partial charge on any atom is -0.316 e. The lowest BCUT2D eigenvalue weighted by Crippen LogP contribution is -2.30. The molecule has 0 aromatic heterocycles. The Balaban J connectivity index is 2.01. The fourth-order valence-electron chi connectivity index (χ4n) is 1.97. The van der Waals surface area contributed by atoms with Crippen LogP contribution in [0.5, 0.6) is 0 Å². The van der Waals surface area contributed by atoms with Crippen molar-refractivity contribution in [3.05, 3.63) is 64.1 Å². The van der Waals surface area contributed by atoms with E-state index in [4.69, 9.17) is 0 Å². The Morgan fingerprint density at radius 1 is 1.10 bits per heavy atom. The molecule has 1 N–H and O–H groups in total. The molecular weight excluding hydrogens is 356 g/mol. The zero-order chi connectivity index (χ0) is 15.2. The van der Waals surface area contributed by atoms with Gasteiger partial charge < -0.3 is 5.32 Å². The van der Waals surface area contributed by atoms with Crippen molar-refractivity contribution < 1.29 is 8.78 Å². The highest BCUT2D eigenvalue weighted by atomic mass is 79.9. The number of halogens is 3. The number of benzene rings is 2. The summed E-state index contributed by atoms with van der Waals surface area (Å²) in [4.78, 5) is 0.635. The molecule has 0 aliphatic carbocycles. The van der Waals surface area contributed by atoms with Gasteiger partial charge in [0.15, 0.2) is 0 Å². The summed E-state index contributed by atoms with van der Waals surface area (Å²) in [5, 5.41) is 3.20. The van der Waals surface area contributed by atoms with E-state index in [1.54, 1.807) is 18.2 Å². The molecule has 0 heterocycles. The maximum absolute atomic E-state index is 13.6. The molecule has 0 radical (unpaired) electrons. The smallest absolute Gasteiger partial charge is 0.137 e. The van der Waals surface area contributed by atoms with Crippen LogP contribution in [0.25, 0.3) is 0 Å². The summed E-state index contributed by atoms with van der Waals surface area (Å²) >= 11 is 4.74. The van der Waals surface area contributed by atoms with Crippen LogP contribution < -0.4 is 5.32 Å². The van der Waals surface area contributed by atoms with Gasteiger partial charge in [-0.25, -0.2) is 8.78 Å². The Hall–Kier alpha value is -0.910. The largest absolute Gasteiger partial charge is 0.316 e. The molecule has 0 bridgehead atoms. The lowest BCUT2D eigenvalue weighted by Gasteiger charge is -2.17. The van der Waals surface area contributed by atoms with Gasteiger partial charge in [0.25, 0.3) is 0 Å². The van der Waals surface area contributed by atoms with E-state index in [-0.39, 0.29) is 17.7 Å². The third-order valence-corrected chi connectivity index (χ3v) is 5.28. The average molecular weight is 372 g/mol. The van der Waals surface area contributed by atoms with Gasteiger partial charge in [-0.1, -0.05) is 24.3 Å². The third-order valence-electron chi connectivity index (χ3n) is 3.18. The maximum Gasteiger partial charge on any atom is 0.137 e. The molecule has 2 aromatic rings. The van der Waals surface area contributed by atoms with Crippen molar-refractivity contribution in [2.45, 2.75) is 17.4 Å². The van der Waals surface area contributed by atoms with Gasteiger partial charge in [0, 0.05) is 16.7 Å². The molecule has 0 saturated carbocycles. The lowest BCUT2D eigenvalue weighted by molar-refractivity contribution is 0.592. The number of hydrogen-bond acceptors (Lipinski definition) is 2. The van der Waals surface area contributed by atoms with E-state index in [9.17, 15) is 8.78 Å². The zero-order valence-corrected chi connectivity index (χ0v) is 14.0. The van der Waals surface area contributed by atoms with Gasteiger partial charge in [0.2, 0.25) is 0 Å². The molecule has 0 spiro atoms. The van der Waals surface area contributed by atoms with Crippen LogP contribution in [0.1, 0.15) is 5.56 Å². The minimum absolute atomic E-state index is 0.132. The molecule has 2 aromatic carbocycles. The molecule has 0 aliphatic rings. The van der Waals surface area contributed by atoms with E-state index >= 15 is 0 Å². The second-order valence-corrected chi connectivity index (χ2v) is 6.50. The van der Waals surface area contributed by atoms with Crippen LogP contribution in [-0.4, -0.2) is 18.8 Å². The molecule has 21 heavy (non-hydrogen) atoms. The Morgan fingerprint density at radius 3 is 2.52 bits per heavy atom. The average Bonchev–Trinajstić information content (AvgIpc) is 2.49. The number of likely N-dealkylation sites (N-methyl/N-ethyl adjacent to an activating group) is 1. The first-order valence-electron chi connectivity index (χ1n) is 6.59. The highest BCUT2D eigenvalue weighted by Gasteiger charge is 2.13. The molecule has 0 aliphatic heterocycles. The van der Waals surface area contributed by atoms with Crippen LogP contribution in [0.2, 0.25) is 0 Å². The molecular formula is C16H16BrF2NS. The van der Waals surface area contributed by atoms with Gasteiger partial charge >= 0.3 is 0 Å². The molecule has 2 rings (SSSR count). The van der Waals surface area contributed by atoms with E-state index in [1.165, 1.54) is 23.9 Å². The highest BCUT2D eigenvalue weighted by Crippen LogP contribution is 2.25. The first kappa shape index (κ1) is 16.5. The van der Waals surface area contributed by atoms with Gasteiger partial charge in [-0.15, -0.1) is 11.8 Å². The van der Waals surface area contributed by atoms with E-state index in [1.807, 2.05) is 19.2 Å². The van der Waals surface area contributed by atoms with E-state index < -0.39 is 0 Å². The van der Waals surface area contributed by atoms with Crippen LogP contribution in [0.3, 0.4) is 0 Å². The van der Waals surface area contributed by atoms with Crippen molar-refractivity contribution in [1.29, 1.82) is 0 Å². The molecule has 112 valence electrons. The second kappa shape index (κ2) is 7.92. The topological polar surface area (TPSA) is 12.0 Å². The van der Waals surface area contributed by atoms with Crippen molar-refractivity contribution in [3.63, 3.8) is 0 Å². The van der Waals surface area contributed by atoms with Crippen LogP contribution in [0.4, 0.5) is 8.78 Å². The number of nitrogens with one attached hydrogen (secondary N) is 1. The second-order valence-electron chi connectivity index (χ2n) is 4.64. The number of thioether (sulfide) groups is 1. The SMILES string of the molecule is CNC(CSc1ccccc1F)Cc1cccc(F)c1Br. The summed E-state index contributed by atoms with van der Waals surface area (Å²) in [6.07, 6.45) is 0.677. The molecule has 0 saturated heterocycles. The third kappa shape index (κ3) is 4.53. The van der Waals surface area contributed by atoms with Crippen LogP contribution in [0, 0.1) is 11.6 Å². The van der Waals surface area contributed by atoms with Crippen LogP contribution in [0.15, 0.2) is 51.8 Å². The Labute approximate surface area is 136 Å². The molecule has 1 atom stereocenters. The van der Waals surface area contributed by atoms with Gasteiger partial charge in [-0.05, 0) is 53.2 Å². The summed E-state index contributed by atoms with van der Waals surface area (Å²) in [5.74, 6) is 0.244. The molecule has 1 unspecified atom stereocenters. The van der Waals surface area contributed by atoms with Crippen molar-refractivity contribution in [2.75, 3.05) is 12.8 Å². The Morgan fingerprint density at radius 2 is 1.81 bits per heavy atom. The maximum atomic E-state index is 13.6. The molecule has 0 amide bonds. The normalized spacial score (nSPS) is 12.4. The fraction of sp³-hybridized carbons (Fsp3) is 0.250. The van der Waals surface area contributed by atoms with Crippen molar-refractivity contribution in [3.8, 4) is 0 Å². The quantitative estimate of drug-likeness (QED) is 0.741. The number of hydrogen-bond donors (Lipinski definition) is 1. The predicted molar refractivity (Wildman–Crippen MR) is 87.8 cm³/mol. The summed E-state index contributed by atoms with van der Waals surface area (Å²) in [5.41, 5.74) is 0.906. The van der Waals surface area contributed by atoms with Crippen LogP contribution in [-0.2, 0) is 6.42 Å². The highest BCUT2D eigenvalue weighted by molar-refractivity contribution is 9.10. The summed E-state index contributed by atoms with van der Waals surface area (Å²) in [6.45, 7) is 0. The Kier molecular flexibility index (Phi) is 6.21. The van der Waals surface area contributed by atoms with Crippen molar-refractivity contribution >= 4 is 27.7 Å². The number of rotatable bonds is 6. The molecule has 5 heteroatoms. The van der Waals surface area contributed by atoms with E-state index in [0.717, 1.165) is 5.56 Å². The van der Waals surface area contributed by atoms with E-state index in [0.29, 0.717) is 21.5 Å². The lowest BCUT2D eigenvalue weighted by atomic mass is 10.1. The minimum atomic E-state index is -0.260. The van der Waals surface area contributed by atoms with Gasteiger partial charge in [0.05, 0.1) is 4.47 Å². The zero-order valence-electron chi connectivity index (χ0n) is 11.6. The fourth-order valence-corrected chi connectivity index (χ4v) is 3.44. The monoisotopic (exact) mass is 371 g/mol. The van der Waals surface area contributed by atoms with Gasteiger partial charge in [-0.2, -0.15) is 0 Å². The summed E-state index contributed by atoms with van der Waals surface area (Å²) < 4.78 is 27.6. The van der Waals surface area contributed by atoms with Crippen molar-refractivity contribution in [1.82, 2.24) is 5.32 Å². The first-order chi connectivity index (χ1) is 10.1. The predicted octanol–water partition coefficient (Wildman–Crippen LogP) is 4.65. The Bertz CT molecular complexity index is 607. The summed E-state index contributed by atoms with van der Waals surface area (Å²) in [6, 6.07) is 11.9. The summed E-state index contributed by atoms with van der Waals surface area (Å²) in [7, 11) is 1.86. The standard InChI is InChI=1S/C16H16BrF2NS/c1-20-12(9-11-5-4-7-14(19)16(11)17)10-21-15-8-3-2-6-13(15)18/h2-8,12,20H,9-10H2,1H3. The molecule has 0 fully saturated rings. The van der Waals surface area contributed by atoms with Crippen LogP contribution >= 0.6 is 27.7 Å². The molecule has 1 nitrogen and oxygen atoms in total. The first-order valence-corrected chi connectivity index (χ1v) is 8.37. The van der Waals surface area contributed by atoms with E-state index in [2.05, 4.69) is 21.2 Å². The van der Waals surface area contributed by atoms with Gasteiger partial charge in [-0.3, -0.25) is 0 Å². The van der Waals surface area contributed by atoms with Gasteiger partial charge in [0.1, 0.15) is 11.6 Å².